The van der Waals surface area contributed by atoms with Crippen LogP contribution in [0.3, 0.4) is 0 Å². The third kappa shape index (κ3) is 3.40. The highest BCUT2D eigenvalue weighted by Crippen LogP contribution is 2.05. The zero-order valence-corrected chi connectivity index (χ0v) is 13.8. The molecule has 8 nitrogen and oxygen atoms in total. The molecule has 2 rings (SSSR count). The Bertz CT molecular complexity index is 748. The van der Waals surface area contributed by atoms with Gasteiger partial charge in [0, 0.05) is 27.1 Å². The van der Waals surface area contributed by atoms with Crippen molar-refractivity contribution in [3.8, 4) is 0 Å². The smallest absolute Gasteiger partial charge is 0.332 e. The first-order chi connectivity index (χ1) is 9.97. The number of likely N-dealkylation sites (N-methyl/N-ethyl adjacent to an activating group) is 1. The molecule has 2 aromatic rings. The number of aliphatic hydroxyl groups excluding tert-OH is 1. The first-order valence-corrected chi connectivity index (χ1v) is 7.00. The molecule has 0 saturated carbocycles. The van der Waals surface area contributed by atoms with Crippen molar-refractivity contribution in [1.82, 2.24) is 18.7 Å². The first kappa shape index (κ1) is 18.4. The van der Waals surface area contributed by atoms with Gasteiger partial charge >= 0.3 is 5.69 Å². The Morgan fingerprint density at radius 2 is 1.91 bits per heavy atom. The lowest BCUT2D eigenvalue weighted by Gasteiger charge is -2.12. The molecule has 0 aliphatic heterocycles. The molecule has 2 heterocycles. The first-order valence-electron chi connectivity index (χ1n) is 7.00. The largest absolute Gasteiger partial charge is 1.00 e. The van der Waals surface area contributed by atoms with Crippen LogP contribution in [0.1, 0.15) is 6.42 Å². The normalized spacial score (nSPS) is 12.4. The molecule has 0 radical (unpaired) electrons. The van der Waals surface area contributed by atoms with Crippen LogP contribution >= 0.6 is 0 Å². The van der Waals surface area contributed by atoms with Crippen molar-refractivity contribution in [2.45, 2.75) is 13.0 Å². The van der Waals surface area contributed by atoms with Crippen molar-refractivity contribution in [1.29, 1.82) is 0 Å². The predicted octanol–water partition coefficient (Wildman–Crippen LogP) is -5.67. The van der Waals surface area contributed by atoms with Gasteiger partial charge in [0.15, 0.2) is 11.2 Å². The van der Waals surface area contributed by atoms with Crippen LogP contribution in [-0.2, 0) is 20.6 Å². The summed E-state index contributed by atoms with van der Waals surface area (Å²) in [5.41, 5.74) is 0.185. The van der Waals surface area contributed by atoms with E-state index < -0.39 is 0 Å². The third-order valence-electron chi connectivity index (χ3n) is 3.76. The van der Waals surface area contributed by atoms with Crippen LogP contribution in [0.5, 0.6) is 0 Å². The highest BCUT2D eigenvalue weighted by atomic mass is 35.5. The molecule has 0 fully saturated rings. The summed E-state index contributed by atoms with van der Waals surface area (Å²) in [6, 6.07) is 0. The summed E-state index contributed by atoms with van der Waals surface area (Å²) in [7, 11) is 5.10. The number of aromatic nitrogens is 4. The van der Waals surface area contributed by atoms with Crippen LogP contribution in [0.2, 0.25) is 0 Å². The van der Waals surface area contributed by atoms with Crippen molar-refractivity contribution in [2.24, 2.45) is 14.1 Å². The highest BCUT2D eigenvalue weighted by molar-refractivity contribution is 5.69. The Morgan fingerprint density at radius 3 is 2.55 bits per heavy atom. The summed E-state index contributed by atoms with van der Waals surface area (Å²) in [5, 5.41) is 8.87. The number of imidazole rings is 1. The van der Waals surface area contributed by atoms with Gasteiger partial charge in [0.25, 0.3) is 5.56 Å². The summed E-state index contributed by atoms with van der Waals surface area (Å²) >= 11 is 0. The van der Waals surface area contributed by atoms with Gasteiger partial charge in [-0.25, -0.2) is 9.78 Å². The molecular weight excluding hydrogens is 310 g/mol. The van der Waals surface area contributed by atoms with Crippen molar-refractivity contribution >= 4 is 11.2 Å². The molecule has 2 N–H and O–H groups in total. The number of nitrogens with zero attached hydrogens (tertiary/aromatic N) is 4. The number of fused-ring (bicyclic) bond motifs is 1. The van der Waals surface area contributed by atoms with E-state index in [1.165, 1.54) is 16.5 Å². The second-order valence-corrected chi connectivity index (χ2v) is 5.35. The second-order valence-electron chi connectivity index (χ2n) is 5.35. The van der Waals surface area contributed by atoms with Gasteiger partial charge in [-0.2, -0.15) is 0 Å². The second kappa shape index (κ2) is 7.57. The lowest BCUT2D eigenvalue weighted by atomic mass is 10.3. The highest BCUT2D eigenvalue weighted by Gasteiger charge is 2.14. The molecule has 0 aliphatic rings. The van der Waals surface area contributed by atoms with Crippen molar-refractivity contribution in [2.75, 3.05) is 26.7 Å². The van der Waals surface area contributed by atoms with Gasteiger partial charge in [-0.3, -0.25) is 13.9 Å². The molecule has 22 heavy (non-hydrogen) atoms. The number of aryl methyl sites for hydroxylation is 2. The minimum Gasteiger partial charge on any atom is -1.00 e. The Labute approximate surface area is 134 Å². The topological polar surface area (TPSA) is 86.5 Å². The van der Waals surface area contributed by atoms with Crippen LogP contribution < -0.4 is 28.6 Å². The van der Waals surface area contributed by atoms with Crippen LogP contribution in [0.4, 0.5) is 0 Å². The van der Waals surface area contributed by atoms with E-state index in [9.17, 15) is 9.59 Å². The molecule has 2 aromatic heterocycles. The summed E-state index contributed by atoms with van der Waals surface area (Å²) in [4.78, 5) is 29.5. The quantitative estimate of drug-likeness (QED) is 0.552. The Morgan fingerprint density at radius 1 is 1.23 bits per heavy atom. The van der Waals surface area contributed by atoms with E-state index in [2.05, 4.69) is 4.98 Å². The maximum Gasteiger partial charge on any atom is 0.332 e. The minimum absolute atomic E-state index is 0. The molecule has 0 spiro atoms. The maximum atomic E-state index is 12.2. The van der Waals surface area contributed by atoms with Gasteiger partial charge in [0.1, 0.15) is 6.54 Å². The van der Waals surface area contributed by atoms with Crippen LogP contribution in [0.15, 0.2) is 15.9 Å². The van der Waals surface area contributed by atoms with E-state index in [-0.39, 0.29) is 30.3 Å². The average Bonchev–Trinajstić information content (AvgIpc) is 2.87. The lowest BCUT2D eigenvalue weighted by molar-refractivity contribution is -0.880. The Hall–Kier alpha value is -1.64. The number of quaternary nitrogens is 1. The fourth-order valence-corrected chi connectivity index (χ4v) is 2.43. The van der Waals surface area contributed by atoms with E-state index in [1.54, 1.807) is 17.9 Å². The molecule has 0 saturated heterocycles. The molecule has 0 amide bonds. The average molecular weight is 332 g/mol. The number of aliphatic hydroxyl groups is 1. The van der Waals surface area contributed by atoms with Gasteiger partial charge < -0.3 is 27.0 Å². The van der Waals surface area contributed by atoms with E-state index in [1.807, 2.05) is 7.05 Å². The molecule has 0 bridgehead atoms. The monoisotopic (exact) mass is 331 g/mol. The number of halogens is 1. The van der Waals surface area contributed by atoms with E-state index >= 15 is 0 Å². The summed E-state index contributed by atoms with van der Waals surface area (Å²) in [6.07, 6.45) is 2.47. The molecule has 0 aromatic carbocycles. The van der Waals surface area contributed by atoms with Crippen molar-refractivity contribution < 1.29 is 22.4 Å². The van der Waals surface area contributed by atoms with Gasteiger partial charge in [-0.15, -0.1) is 0 Å². The molecule has 1 unspecified atom stereocenters. The standard InChI is InChI=1S/C13H21N5O3.ClH/c1-15(7-8-19)5-4-6-18-9-14-11-10(18)12(20)17(3)13(21)16(11)2;/h9,19H,4-8H2,1-3H3;1H. The minimum atomic E-state index is -0.370. The molecule has 0 aliphatic carbocycles. The van der Waals surface area contributed by atoms with Gasteiger partial charge in [-0.05, 0) is 0 Å². The van der Waals surface area contributed by atoms with Gasteiger partial charge in [-0.1, -0.05) is 0 Å². The Balaban J connectivity index is 0.00000242. The maximum absolute atomic E-state index is 12.2. The summed E-state index contributed by atoms with van der Waals surface area (Å²) < 4.78 is 4.28. The zero-order valence-electron chi connectivity index (χ0n) is 13.0. The summed E-state index contributed by atoms with van der Waals surface area (Å²) in [5.74, 6) is 0. The fraction of sp³-hybridized carbons (Fsp3) is 0.615. The zero-order chi connectivity index (χ0) is 15.6. The van der Waals surface area contributed by atoms with Crippen LogP contribution in [0.25, 0.3) is 11.2 Å². The number of hydrogen-bond donors (Lipinski definition) is 2. The number of rotatable bonds is 6. The van der Waals surface area contributed by atoms with Gasteiger partial charge in [0.2, 0.25) is 0 Å². The SMILES string of the molecule is Cn1c(=O)c2c(ncn2CCC[NH+](C)CCO)n(C)c1=O.[Cl-]. The third-order valence-corrected chi connectivity index (χ3v) is 3.76. The molecule has 9 heteroatoms. The van der Waals surface area contributed by atoms with Crippen molar-refractivity contribution in [3.05, 3.63) is 27.2 Å². The molecular formula is C13H22ClN5O3. The number of hydrogen-bond acceptors (Lipinski definition) is 4. The van der Waals surface area contributed by atoms with Crippen molar-refractivity contribution in [3.63, 3.8) is 0 Å². The van der Waals surface area contributed by atoms with E-state index in [0.29, 0.717) is 24.3 Å². The molecule has 1 atom stereocenters. The Kier molecular flexibility index (Phi) is 6.34. The molecule has 124 valence electrons. The van der Waals surface area contributed by atoms with Crippen LogP contribution in [-0.4, -0.2) is 50.5 Å². The number of nitrogens with one attached hydrogen (secondary N) is 1. The summed E-state index contributed by atoms with van der Waals surface area (Å²) in [6.45, 7) is 2.43. The van der Waals surface area contributed by atoms with Crippen LogP contribution in [0, 0.1) is 0 Å². The fourth-order valence-electron chi connectivity index (χ4n) is 2.43. The van der Waals surface area contributed by atoms with Gasteiger partial charge in [0.05, 0.1) is 26.5 Å². The van der Waals surface area contributed by atoms with E-state index in [4.69, 9.17) is 5.11 Å². The lowest BCUT2D eigenvalue weighted by Crippen LogP contribution is -3.09. The van der Waals surface area contributed by atoms with E-state index in [0.717, 1.165) is 17.5 Å². The predicted molar refractivity (Wildman–Crippen MR) is 78.5 cm³/mol.